The van der Waals surface area contributed by atoms with E-state index in [0.29, 0.717) is 24.1 Å². The molecule has 1 aromatic rings. The molecule has 4 bridgehead atoms. The monoisotopic (exact) mass is 565 g/mol. The highest BCUT2D eigenvalue weighted by Gasteiger charge is 2.55. The zero-order valence-electron chi connectivity index (χ0n) is 23.5. The Morgan fingerprint density at radius 1 is 0.975 bits per heavy atom. The number of nitrogens with one attached hydrogen (secondary N) is 2. The van der Waals surface area contributed by atoms with Gasteiger partial charge in [0.15, 0.2) is 0 Å². The van der Waals surface area contributed by atoms with Crippen LogP contribution in [-0.4, -0.2) is 95.6 Å². The van der Waals surface area contributed by atoms with Gasteiger partial charge in [0.1, 0.15) is 6.04 Å². The van der Waals surface area contributed by atoms with Crippen LogP contribution in [0.1, 0.15) is 67.3 Å². The second-order valence-electron chi connectivity index (χ2n) is 13.2. The molecule has 3 aliphatic heterocycles. The van der Waals surface area contributed by atoms with E-state index in [4.69, 9.17) is 0 Å². The Bertz CT molecular complexity index is 1160. The number of amides is 3. The first kappa shape index (κ1) is 26.9. The highest BCUT2D eigenvalue weighted by atomic mass is 32.2. The second kappa shape index (κ2) is 11.0. The fourth-order valence-corrected chi connectivity index (χ4v) is 10.0. The number of hydrogen-bond donors (Lipinski definition) is 2. The van der Waals surface area contributed by atoms with Crippen LogP contribution < -0.4 is 10.6 Å². The average molecular weight is 566 g/mol. The van der Waals surface area contributed by atoms with Crippen molar-refractivity contribution in [1.29, 1.82) is 0 Å². The molecule has 8 nitrogen and oxygen atoms in total. The number of hydrogen-bond acceptors (Lipinski definition) is 7. The van der Waals surface area contributed by atoms with Crippen LogP contribution in [0.3, 0.4) is 0 Å². The molecule has 0 aromatic heterocycles. The maximum absolute atomic E-state index is 13.1. The minimum absolute atomic E-state index is 0.0957. The van der Waals surface area contributed by atoms with Crippen LogP contribution in [0.25, 0.3) is 0 Å². The molecular formula is C31H43N5O3S. The normalized spacial score (nSPS) is 34.0. The average Bonchev–Trinajstić information content (AvgIpc) is 3.41. The largest absolute Gasteiger partial charge is 0.322 e. The highest BCUT2D eigenvalue weighted by Crippen LogP contribution is 2.59. The number of carbonyl (C=O) groups excluding carboxylic acids is 3. The minimum atomic E-state index is -0.561. The van der Waals surface area contributed by atoms with Crippen LogP contribution in [-0.2, 0) is 16.1 Å². The molecule has 216 valence electrons. The van der Waals surface area contributed by atoms with Gasteiger partial charge in [-0.2, -0.15) is 0 Å². The van der Waals surface area contributed by atoms with Gasteiger partial charge in [0, 0.05) is 67.4 Å². The van der Waals surface area contributed by atoms with Crippen LogP contribution in [0.4, 0.5) is 0 Å². The van der Waals surface area contributed by atoms with E-state index < -0.39 is 6.04 Å². The maximum Gasteiger partial charge on any atom is 0.255 e. The third-order valence-electron chi connectivity index (χ3n) is 10.7. The number of carbonyl (C=O) groups is 3. The van der Waals surface area contributed by atoms with Gasteiger partial charge in [0.2, 0.25) is 11.8 Å². The van der Waals surface area contributed by atoms with Gasteiger partial charge >= 0.3 is 0 Å². The molecule has 9 heteroatoms. The number of imide groups is 1. The van der Waals surface area contributed by atoms with Crippen molar-refractivity contribution >= 4 is 29.5 Å². The van der Waals surface area contributed by atoms with E-state index in [0.717, 1.165) is 73.2 Å². The van der Waals surface area contributed by atoms with E-state index in [1.165, 1.54) is 45.1 Å². The molecule has 7 aliphatic rings. The first-order valence-electron chi connectivity index (χ1n) is 15.6. The van der Waals surface area contributed by atoms with Crippen LogP contribution in [0.2, 0.25) is 0 Å². The lowest BCUT2D eigenvalue weighted by atomic mass is 9.76. The van der Waals surface area contributed by atoms with E-state index >= 15 is 0 Å². The quantitative estimate of drug-likeness (QED) is 0.352. The Kier molecular flexibility index (Phi) is 7.43. The fraction of sp³-hybridized carbons (Fsp3) is 0.710. The summed E-state index contributed by atoms with van der Waals surface area (Å²) in [7, 11) is 0. The van der Waals surface area contributed by atoms with E-state index in [9.17, 15) is 14.4 Å². The summed E-state index contributed by atoms with van der Waals surface area (Å²) in [5.41, 5.74) is 2.21. The first-order chi connectivity index (χ1) is 19.5. The van der Waals surface area contributed by atoms with Crippen molar-refractivity contribution in [2.75, 3.05) is 51.6 Å². The smallest absolute Gasteiger partial charge is 0.255 e. The van der Waals surface area contributed by atoms with Gasteiger partial charge in [0.25, 0.3) is 5.91 Å². The molecule has 3 atom stereocenters. The third kappa shape index (κ3) is 5.23. The molecular weight excluding hydrogens is 522 g/mol. The van der Waals surface area contributed by atoms with Gasteiger partial charge in [-0.15, -0.1) is 11.8 Å². The van der Waals surface area contributed by atoms with Crippen molar-refractivity contribution in [2.24, 2.45) is 17.8 Å². The fourth-order valence-electron chi connectivity index (χ4n) is 8.95. The van der Waals surface area contributed by atoms with Crippen LogP contribution >= 0.6 is 11.8 Å². The molecule has 3 unspecified atom stereocenters. The van der Waals surface area contributed by atoms with Gasteiger partial charge in [-0.3, -0.25) is 19.7 Å². The van der Waals surface area contributed by atoms with Gasteiger partial charge in [-0.25, -0.2) is 0 Å². The zero-order chi connectivity index (χ0) is 27.3. The van der Waals surface area contributed by atoms with Gasteiger partial charge < -0.3 is 20.0 Å². The summed E-state index contributed by atoms with van der Waals surface area (Å²) in [5.74, 6) is 3.34. The van der Waals surface area contributed by atoms with Gasteiger partial charge in [-0.1, -0.05) is 6.07 Å². The standard InChI is InChI=1S/C31H43N5O3S/c37-28-6-5-26(29(38)33-28)36-20-25-24(30(36)39)3-1-4-27(25)40-14-13-35-9-2-8-34(11-12-35)10-7-32-31-17-21-15-22(18-31)23(16-21)19-31/h1,3-4,21-23,26,32H,2,5-20H2,(H,33,37,38). The summed E-state index contributed by atoms with van der Waals surface area (Å²) in [6, 6.07) is 5.36. The lowest BCUT2D eigenvalue weighted by molar-refractivity contribution is -0.136. The predicted octanol–water partition coefficient (Wildman–Crippen LogP) is 2.72. The number of rotatable bonds is 9. The van der Waals surface area contributed by atoms with E-state index in [-0.39, 0.29) is 24.1 Å². The summed E-state index contributed by atoms with van der Waals surface area (Å²) in [6.45, 7) is 8.38. The SMILES string of the molecule is O=C1CCC(N2Cc3c(SCCN4CCCN(CCNC56CC7CC(C5)C(C7)C6)CC4)cccc3C2=O)C(=O)N1. The number of benzene rings is 1. The zero-order valence-corrected chi connectivity index (χ0v) is 24.4. The molecule has 0 spiro atoms. The molecule has 2 N–H and O–H groups in total. The number of thioether (sulfide) groups is 1. The molecule has 2 saturated heterocycles. The molecule has 40 heavy (non-hydrogen) atoms. The Balaban J connectivity index is 0.865. The molecule has 6 fully saturated rings. The molecule has 8 rings (SSSR count). The lowest BCUT2D eigenvalue weighted by Gasteiger charge is -2.40. The van der Waals surface area contributed by atoms with Crippen LogP contribution in [0.5, 0.6) is 0 Å². The van der Waals surface area contributed by atoms with Crippen molar-refractivity contribution < 1.29 is 14.4 Å². The van der Waals surface area contributed by atoms with Crippen molar-refractivity contribution in [3.8, 4) is 0 Å². The van der Waals surface area contributed by atoms with E-state index in [2.05, 4.69) is 26.5 Å². The van der Waals surface area contributed by atoms with Gasteiger partial charge in [-0.05, 0) is 93.5 Å². The molecule has 4 saturated carbocycles. The van der Waals surface area contributed by atoms with Crippen molar-refractivity contribution in [3.63, 3.8) is 0 Å². The Hall–Kier alpha value is -1.94. The van der Waals surface area contributed by atoms with E-state index in [1.54, 1.807) is 4.90 Å². The Morgan fingerprint density at radius 3 is 2.50 bits per heavy atom. The predicted molar refractivity (Wildman–Crippen MR) is 155 cm³/mol. The summed E-state index contributed by atoms with van der Waals surface area (Å²) in [4.78, 5) is 45.1. The topological polar surface area (TPSA) is 85.0 Å². The van der Waals surface area contributed by atoms with Gasteiger partial charge in [0.05, 0.1) is 0 Å². The number of piperidine rings is 1. The molecule has 3 amide bonds. The van der Waals surface area contributed by atoms with Crippen molar-refractivity contribution in [1.82, 2.24) is 25.3 Å². The Labute approximate surface area is 242 Å². The van der Waals surface area contributed by atoms with Crippen LogP contribution in [0, 0.1) is 17.8 Å². The molecule has 3 heterocycles. The molecule has 4 aliphatic carbocycles. The first-order valence-corrected chi connectivity index (χ1v) is 16.5. The summed E-state index contributed by atoms with van der Waals surface area (Å²) in [6.07, 6.45) is 9.24. The molecule has 1 aromatic carbocycles. The number of fused-ring (bicyclic) bond motifs is 1. The maximum atomic E-state index is 13.1. The van der Waals surface area contributed by atoms with Crippen molar-refractivity contribution in [3.05, 3.63) is 29.3 Å². The van der Waals surface area contributed by atoms with Crippen molar-refractivity contribution in [2.45, 2.75) is 74.4 Å². The minimum Gasteiger partial charge on any atom is -0.322 e. The summed E-state index contributed by atoms with van der Waals surface area (Å²) < 4.78 is 0. The second-order valence-corrected chi connectivity index (χ2v) is 14.4. The summed E-state index contributed by atoms with van der Waals surface area (Å²) in [5, 5.41) is 6.44. The Morgan fingerprint density at radius 2 is 1.75 bits per heavy atom. The lowest BCUT2D eigenvalue weighted by Crippen LogP contribution is -2.52. The van der Waals surface area contributed by atoms with Crippen LogP contribution in [0.15, 0.2) is 23.1 Å². The third-order valence-corrected chi connectivity index (χ3v) is 11.8. The summed E-state index contributed by atoms with van der Waals surface area (Å²) >= 11 is 1.82. The number of nitrogens with zero attached hydrogens (tertiary/aromatic N) is 3. The highest BCUT2D eigenvalue weighted by molar-refractivity contribution is 7.99. The molecule has 0 radical (unpaired) electrons. The van der Waals surface area contributed by atoms with E-state index in [1.807, 2.05) is 23.9 Å².